The van der Waals surface area contributed by atoms with Gasteiger partial charge in [0.1, 0.15) is 6.29 Å². The van der Waals surface area contributed by atoms with Gasteiger partial charge in [-0.05, 0) is 48.1 Å². The first kappa shape index (κ1) is 25.8. The summed E-state index contributed by atoms with van der Waals surface area (Å²) in [5, 5.41) is 13.5. The highest BCUT2D eigenvalue weighted by molar-refractivity contribution is 5.90. The number of fused-ring (bicyclic) bond motifs is 1. The molecular formula is C29H36N4O3. The maximum absolute atomic E-state index is 11.7. The Bertz CT molecular complexity index is 1160. The molecule has 1 aliphatic carbocycles. The van der Waals surface area contributed by atoms with Crippen LogP contribution >= 0.6 is 0 Å². The van der Waals surface area contributed by atoms with Crippen LogP contribution < -0.4 is 10.8 Å². The molecule has 0 atom stereocenters. The van der Waals surface area contributed by atoms with Crippen LogP contribution in [0, 0.1) is 5.41 Å². The Morgan fingerprint density at radius 1 is 1.08 bits per heavy atom. The highest BCUT2D eigenvalue weighted by Crippen LogP contribution is 2.35. The van der Waals surface area contributed by atoms with E-state index in [0.29, 0.717) is 0 Å². The SMILES string of the molecule is O=CC1(CNCCN(CCc2c[nH]c3ccccc23)Cc2ccc(/C=C/C(=O)NO)cc2)CCCC1. The summed E-state index contributed by atoms with van der Waals surface area (Å²) in [6.07, 6.45) is 11.5. The van der Waals surface area contributed by atoms with Gasteiger partial charge in [-0.1, -0.05) is 55.3 Å². The Hall–Kier alpha value is -3.26. The van der Waals surface area contributed by atoms with Crippen molar-refractivity contribution in [2.45, 2.75) is 38.6 Å². The molecule has 36 heavy (non-hydrogen) atoms. The van der Waals surface area contributed by atoms with Crippen LogP contribution in [-0.2, 0) is 22.6 Å². The van der Waals surface area contributed by atoms with E-state index in [9.17, 15) is 9.59 Å². The molecule has 1 heterocycles. The maximum Gasteiger partial charge on any atom is 0.267 e. The van der Waals surface area contributed by atoms with E-state index >= 15 is 0 Å². The van der Waals surface area contributed by atoms with Crippen LogP contribution in [0.2, 0.25) is 0 Å². The highest BCUT2D eigenvalue weighted by Gasteiger charge is 2.32. The zero-order valence-electron chi connectivity index (χ0n) is 20.7. The number of nitrogens with zero attached hydrogens (tertiary/aromatic N) is 1. The molecule has 190 valence electrons. The van der Waals surface area contributed by atoms with E-state index in [1.165, 1.54) is 28.9 Å². The number of H-pyrrole nitrogens is 1. The third-order valence-electron chi connectivity index (χ3n) is 7.23. The lowest BCUT2D eigenvalue weighted by atomic mass is 9.88. The van der Waals surface area contributed by atoms with Crippen LogP contribution in [0.5, 0.6) is 0 Å². The molecule has 4 N–H and O–H groups in total. The van der Waals surface area contributed by atoms with E-state index in [4.69, 9.17) is 5.21 Å². The summed E-state index contributed by atoms with van der Waals surface area (Å²) < 4.78 is 0. The molecule has 1 amide bonds. The fourth-order valence-electron chi connectivity index (χ4n) is 5.08. The fraction of sp³-hybridized carbons (Fsp3) is 0.379. The molecular weight excluding hydrogens is 452 g/mol. The van der Waals surface area contributed by atoms with Gasteiger partial charge >= 0.3 is 0 Å². The summed E-state index contributed by atoms with van der Waals surface area (Å²) in [4.78, 5) is 28.7. The van der Waals surface area contributed by atoms with E-state index in [-0.39, 0.29) is 5.41 Å². The normalized spacial score (nSPS) is 15.2. The third kappa shape index (κ3) is 6.91. The van der Waals surface area contributed by atoms with Gasteiger partial charge < -0.3 is 15.1 Å². The summed E-state index contributed by atoms with van der Waals surface area (Å²) in [5.41, 5.74) is 5.99. The topological polar surface area (TPSA) is 97.5 Å². The predicted octanol–water partition coefficient (Wildman–Crippen LogP) is 4.08. The fourth-order valence-corrected chi connectivity index (χ4v) is 5.08. The molecule has 1 fully saturated rings. The van der Waals surface area contributed by atoms with Crippen molar-refractivity contribution < 1.29 is 14.8 Å². The Kier molecular flexibility index (Phi) is 9.06. The van der Waals surface area contributed by atoms with Crippen molar-refractivity contribution in [2.24, 2.45) is 5.41 Å². The number of carbonyl (C=O) groups is 2. The number of hydrogen-bond acceptors (Lipinski definition) is 5. The average molecular weight is 489 g/mol. The molecule has 0 radical (unpaired) electrons. The van der Waals surface area contributed by atoms with Crippen LogP contribution in [0.3, 0.4) is 0 Å². The quantitative estimate of drug-likeness (QED) is 0.0956. The number of benzene rings is 2. The second-order valence-corrected chi connectivity index (χ2v) is 9.80. The molecule has 7 heteroatoms. The number of aromatic nitrogens is 1. The number of aromatic amines is 1. The van der Waals surface area contributed by atoms with Gasteiger partial charge in [0.25, 0.3) is 5.91 Å². The Morgan fingerprint density at radius 2 is 1.86 bits per heavy atom. The number of amides is 1. The largest absolute Gasteiger partial charge is 0.361 e. The summed E-state index contributed by atoms with van der Waals surface area (Å²) in [7, 11) is 0. The van der Waals surface area contributed by atoms with Crippen LogP contribution in [0.15, 0.2) is 60.8 Å². The number of carbonyl (C=O) groups excluding carboxylic acids is 2. The molecule has 0 unspecified atom stereocenters. The number of para-hydroxylation sites is 1. The number of rotatable bonds is 13. The first-order chi connectivity index (χ1) is 17.6. The zero-order chi connectivity index (χ0) is 25.2. The molecule has 7 nitrogen and oxygen atoms in total. The van der Waals surface area contributed by atoms with Crippen molar-refractivity contribution in [1.82, 2.24) is 20.7 Å². The zero-order valence-corrected chi connectivity index (χ0v) is 20.7. The monoisotopic (exact) mass is 488 g/mol. The van der Waals surface area contributed by atoms with Crippen molar-refractivity contribution in [2.75, 3.05) is 26.2 Å². The molecule has 4 rings (SSSR count). The van der Waals surface area contributed by atoms with Crippen molar-refractivity contribution in [3.63, 3.8) is 0 Å². The second kappa shape index (κ2) is 12.6. The average Bonchev–Trinajstić information content (AvgIpc) is 3.56. The van der Waals surface area contributed by atoms with E-state index < -0.39 is 5.91 Å². The highest BCUT2D eigenvalue weighted by atomic mass is 16.5. The molecule has 0 spiro atoms. The Balaban J connectivity index is 1.37. The molecule has 3 aromatic rings. The van der Waals surface area contributed by atoms with Gasteiger partial charge in [0, 0.05) is 61.3 Å². The molecule has 1 aromatic heterocycles. The van der Waals surface area contributed by atoms with E-state index in [1.807, 2.05) is 18.2 Å². The van der Waals surface area contributed by atoms with Crippen molar-refractivity contribution in [3.05, 3.63) is 77.5 Å². The molecule has 1 aliphatic rings. The maximum atomic E-state index is 11.7. The van der Waals surface area contributed by atoms with E-state index in [2.05, 4.69) is 51.7 Å². The van der Waals surface area contributed by atoms with Gasteiger partial charge in [-0.15, -0.1) is 0 Å². The van der Waals surface area contributed by atoms with Gasteiger partial charge in [0.15, 0.2) is 0 Å². The summed E-state index contributed by atoms with van der Waals surface area (Å²) in [6, 6.07) is 16.5. The second-order valence-electron chi connectivity index (χ2n) is 9.80. The minimum absolute atomic E-state index is 0.175. The van der Waals surface area contributed by atoms with Gasteiger partial charge in [0.05, 0.1) is 0 Å². The minimum Gasteiger partial charge on any atom is -0.361 e. The van der Waals surface area contributed by atoms with Crippen LogP contribution in [0.25, 0.3) is 17.0 Å². The van der Waals surface area contributed by atoms with E-state index in [0.717, 1.165) is 75.9 Å². The minimum atomic E-state index is -0.552. The van der Waals surface area contributed by atoms with Gasteiger partial charge in [-0.2, -0.15) is 0 Å². The summed E-state index contributed by atoms with van der Waals surface area (Å²) >= 11 is 0. The van der Waals surface area contributed by atoms with E-state index in [1.54, 1.807) is 11.6 Å². The molecule has 0 saturated heterocycles. The van der Waals surface area contributed by atoms with Gasteiger partial charge in [-0.3, -0.25) is 14.9 Å². The predicted molar refractivity (Wildman–Crippen MR) is 143 cm³/mol. The van der Waals surface area contributed by atoms with Crippen LogP contribution in [0.4, 0.5) is 0 Å². The number of hydroxylamine groups is 1. The number of hydrogen-bond donors (Lipinski definition) is 4. The summed E-state index contributed by atoms with van der Waals surface area (Å²) in [5.74, 6) is -0.552. The lowest BCUT2D eigenvalue weighted by molar-refractivity contribution is -0.124. The van der Waals surface area contributed by atoms with Crippen molar-refractivity contribution >= 4 is 29.2 Å². The van der Waals surface area contributed by atoms with Gasteiger partial charge in [-0.25, -0.2) is 5.48 Å². The van der Waals surface area contributed by atoms with Crippen molar-refractivity contribution in [3.8, 4) is 0 Å². The van der Waals surface area contributed by atoms with Crippen molar-refractivity contribution in [1.29, 1.82) is 0 Å². The summed E-state index contributed by atoms with van der Waals surface area (Å²) in [6.45, 7) is 4.20. The number of aldehydes is 1. The lowest BCUT2D eigenvalue weighted by Crippen LogP contribution is -2.38. The molecule has 0 bridgehead atoms. The first-order valence-corrected chi connectivity index (χ1v) is 12.8. The lowest BCUT2D eigenvalue weighted by Gasteiger charge is -2.25. The Labute approximate surface area is 212 Å². The molecule has 2 aromatic carbocycles. The van der Waals surface area contributed by atoms with Gasteiger partial charge in [0.2, 0.25) is 0 Å². The smallest absolute Gasteiger partial charge is 0.267 e. The third-order valence-corrected chi connectivity index (χ3v) is 7.23. The molecule has 1 saturated carbocycles. The first-order valence-electron chi connectivity index (χ1n) is 12.8. The molecule has 0 aliphatic heterocycles. The van der Waals surface area contributed by atoms with Crippen LogP contribution in [0.1, 0.15) is 42.4 Å². The Morgan fingerprint density at radius 3 is 2.61 bits per heavy atom. The standard InChI is InChI=1S/C29H36N4O3/c34-22-29(14-3-4-15-29)21-30-16-18-33(17-13-25-19-31-27-6-2-1-5-26(25)27)20-24-9-7-23(8-10-24)11-12-28(35)32-36/h1-2,5-12,19,22,30-31,36H,3-4,13-18,20-21H2,(H,32,35)/b12-11+. The number of nitrogens with one attached hydrogen (secondary N) is 3. The van der Waals surface area contributed by atoms with Crippen LogP contribution in [-0.4, -0.2) is 53.5 Å².